The van der Waals surface area contributed by atoms with E-state index in [0.717, 1.165) is 51.1 Å². The van der Waals surface area contributed by atoms with Gasteiger partial charge in [-0.1, -0.05) is 6.07 Å². The molecule has 7 heteroatoms. The molecule has 1 saturated heterocycles. The lowest BCUT2D eigenvalue weighted by Crippen LogP contribution is -2.48. The maximum Gasteiger partial charge on any atom is 0.253 e. The first-order valence-corrected chi connectivity index (χ1v) is 10.5. The topological polar surface area (TPSA) is 74.5 Å². The number of amides is 1. The number of aromatic nitrogens is 3. The van der Waals surface area contributed by atoms with Crippen molar-refractivity contribution >= 4 is 5.91 Å². The average molecular weight is 403 g/mol. The van der Waals surface area contributed by atoms with Gasteiger partial charge < -0.3 is 10.0 Å². The fraction of sp³-hybridized carbons (Fsp3) is 0.348. The van der Waals surface area contributed by atoms with E-state index in [1.165, 1.54) is 17.5 Å². The minimum absolute atomic E-state index is 0.0954. The molecule has 0 spiro atoms. The van der Waals surface area contributed by atoms with Crippen molar-refractivity contribution in [2.75, 3.05) is 19.6 Å². The Morgan fingerprint density at radius 1 is 1.00 bits per heavy atom. The Morgan fingerprint density at radius 3 is 2.53 bits per heavy atom. The molecule has 5 rings (SSSR count). The Morgan fingerprint density at radius 2 is 1.80 bits per heavy atom. The third-order valence-electron chi connectivity index (χ3n) is 6.30. The largest absolute Gasteiger partial charge is 0.508 e. The highest BCUT2D eigenvalue weighted by atomic mass is 16.3. The van der Waals surface area contributed by atoms with Crippen LogP contribution in [0.3, 0.4) is 0 Å². The average Bonchev–Trinajstić information content (AvgIpc) is 3.33. The number of carbonyl (C=O) groups is 1. The van der Waals surface area contributed by atoms with Crippen LogP contribution in [0.1, 0.15) is 34.3 Å². The van der Waals surface area contributed by atoms with Gasteiger partial charge >= 0.3 is 0 Å². The summed E-state index contributed by atoms with van der Waals surface area (Å²) in [6.07, 6.45) is 6.10. The molecule has 0 saturated carbocycles. The molecule has 154 valence electrons. The lowest BCUT2D eigenvalue weighted by Gasteiger charge is -2.40. The van der Waals surface area contributed by atoms with Crippen LogP contribution in [0.2, 0.25) is 0 Å². The summed E-state index contributed by atoms with van der Waals surface area (Å²) < 4.78 is 1.68. The molecule has 2 aliphatic heterocycles. The molecule has 0 unspecified atom stereocenters. The number of rotatable bonds is 3. The molecule has 0 radical (unpaired) electrons. The van der Waals surface area contributed by atoms with Crippen molar-refractivity contribution in [3.63, 3.8) is 0 Å². The number of likely N-dealkylation sites (tertiary alicyclic amines) is 1. The second-order valence-electron chi connectivity index (χ2n) is 8.08. The maximum atomic E-state index is 12.9. The minimum Gasteiger partial charge on any atom is -0.508 e. The van der Waals surface area contributed by atoms with E-state index in [1.54, 1.807) is 17.1 Å². The summed E-state index contributed by atoms with van der Waals surface area (Å²) in [5, 5.41) is 13.8. The normalized spacial score (nSPS) is 17.7. The van der Waals surface area contributed by atoms with E-state index in [1.807, 2.05) is 41.3 Å². The van der Waals surface area contributed by atoms with E-state index in [-0.39, 0.29) is 5.91 Å². The predicted octanol–water partition coefficient (Wildman–Crippen LogP) is 2.64. The molecule has 3 aromatic rings. The molecule has 1 N–H and O–H groups in total. The van der Waals surface area contributed by atoms with Crippen molar-refractivity contribution in [3.8, 4) is 11.4 Å². The molecule has 3 heterocycles. The van der Waals surface area contributed by atoms with Crippen LogP contribution in [0.25, 0.3) is 5.69 Å². The van der Waals surface area contributed by atoms with Crippen LogP contribution in [0.4, 0.5) is 0 Å². The summed E-state index contributed by atoms with van der Waals surface area (Å²) in [7, 11) is 0. The number of phenols is 1. The summed E-state index contributed by atoms with van der Waals surface area (Å²) >= 11 is 0. The summed E-state index contributed by atoms with van der Waals surface area (Å²) in [5.41, 5.74) is 4.17. The van der Waals surface area contributed by atoms with E-state index in [4.69, 9.17) is 0 Å². The van der Waals surface area contributed by atoms with Gasteiger partial charge in [-0.2, -0.15) is 5.10 Å². The van der Waals surface area contributed by atoms with Crippen LogP contribution < -0.4 is 0 Å². The fourth-order valence-electron chi connectivity index (χ4n) is 4.59. The molecule has 1 amide bonds. The highest BCUT2D eigenvalue weighted by Gasteiger charge is 2.29. The van der Waals surface area contributed by atoms with Crippen molar-refractivity contribution in [1.29, 1.82) is 0 Å². The van der Waals surface area contributed by atoms with E-state index in [9.17, 15) is 9.90 Å². The van der Waals surface area contributed by atoms with Crippen molar-refractivity contribution in [3.05, 3.63) is 71.8 Å². The zero-order valence-electron chi connectivity index (χ0n) is 16.8. The maximum absolute atomic E-state index is 12.9. The summed E-state index contributed by atoms with van der Waals surface area (Å²) in [5.74, 6) is 0.446. The highest BCUT2D eigenvalue weighted by molar-refractivity contribution is 5.94. The summed E-state index contributed by atoms with van der Waals surface area (Å²) in [4.78, 5) is 21.4. The Balaban J connectivity index is 1.19. The fourth-order valence-corrected chi connectivity index (χ4v) is 4.59. The summed E-state index contributed by atoms with van der Waals surface area (Å²) in [6.45, 7) is 3.51. The molecule has 30 heavy (non-hydrogen) atoms. The van der Waals surface area contributed by atoms with Crippen LogP contribution >= 0.6 is 0 Å². The molecular weight excluding hydrogens is 378 g/mol. The van der Waals surface area contributed by atoms with Gasteiger partial charge in [0.15, 0.2) is 0 Å². The number of benzene rings is 2. The Labute approximate surface area is 175 Å². The second-order valence-corrected chi connectivity index (χ2v) is 8.08. The van der Waals surface area contributed by atoms with E-state index in [2.05, 4.69) is 15.0 Å². The van der Waals surface area contributed by atoms with Crippen LogP contribution in [0, 0.1) is 0 Å². The molecule has 0 atom stereocenters. The van der Waals surface area contributed by atoms with Crippen molar-refractivity contribution in [1.82, 2.24) is 24.6 Å². The number of carbonyl (C=O) groups excluding carboxylic acids is 1. The lowest BCUT2D eigenvalue weighted by molar-refractivity contribution is 0.0599. The van der Waals surface area contributed by atoms with Crippen LogP contribution in [0.5, 0.6) is 5.75 Å². The quantitative estimate of drug-likeness (QED) is 0.728. The predicted molar refractivity (Wildman–Crippen MR) is 113 cm³/mol. The Kier molecular flexibility index (Phi) is 4.96. The number of fused-ring (bicyclic) bond motifs is 1. The zero-order valence-corrected chi connectivity index (χ0v) is 16.8. The number of nitrogens with zero attached hydrogens (tertiary/aromatic N) is 5. The van der Waals surface area contributed by atoms with Gasteiger partial charge in [-0.25, -0.2) is 9.67 Å². The van der Waals surface area contributed by atoms with Gasteiger partial charge in [0.25, 0.3) is 5.91 Å². The SMILES string of the molecule is O=C(c1ccc(-n2cncn2)cc1)N1CCC(N2CCc3cc(O)ccc3C2)CC1. The molecule has 0 aliphatic carbocycles. The number of piperidine rings is 1. The van der Waals surface area contributed by atoms with E-state index in [0.29, 0.717) is 17.4 Å². The van der Waals surface area contributed by atoms with Crippen molar-refractivity contribution < 1.29 is 9.90 Å². The second kappa shape index (κ2) is 7.91. The van der Waals surface area contributed by atoms with Gasteiger partial charge in [-0.3, -0.25) is 9.69 Å². The molecule has 1 fully saturated rings. The van der Waals surface area contributed by atoms with Gasteiger partial charge in [-0.05, 0) is 66.8 Å². The van der Waals surface area contributed by atoms with Gasteiger partial charge in [-0.15, -0.1) is 0 Å². The van der Waals surface area contributed by atoms with Crippen LogP contribution in [-0.4, -0.2) is 61.3 Å². The highest BCUT2D eigenvalue weighted by Crippen LogP contribution is 2.27. The Bertz CT molecular complexity index is 1020. The van der Waals surface area contributed by atoms with Gasteiger partial charge in [0.2, 0.25) is 0 Å². The number of hydrogen-bond donors (Lipinski definition) is 1. The summed E-state index contributed by atoms with van der Waals surface area (Å²) in [6, 6.07) is 13.7. The Hall–Kier alpha value is -3.19. The van der Waals surface area contributed by atoms with Crippen molar-refractivity contribution in [2.24, 2.45) is 0 Å². The third-order valence-corrected chi connectivity index (χ3v) is 6.30. The molecule has 0 bridgehead atoms. The van der Waals surface area contributed by atoms with Crippen LogP contribution in [0.15, 0.2) is 55.1 Å². The number of phenolic OH excluding ortho intramolecular Hbond substituents is 1. The number of aromatic hydroxyl groups is 1. The molecule has 1 aromatic heterocycles. The molecular formula is C23H25N5O2. The van der Waals surface area contributed by atoms with E-state index < -0.39 is 0 Å². The molecule has 2 aliphatic rings. The first-order chi connectivity index (χ1) is 14.7. The first-order valence-electron chi connectivity index (χ1n) is 10.5. The smallest absolute Gasteiger partial charge is 0.253 e. The van der Waals surface area contributed by atoms with E-state index >= 15 is 0 Å². The van der Waals surface area contributed by atoms with Gasteiger partial charge in [0, 0.05) is 37.8 Å². The zero-order chi connectivity index (χ0) is 20.5. The third kappa shape index (κ3) is 3.68. The van der Waals surface area contributed by atoms with Crippen LogP contribution in [-0.2, 0) is 13.0 Å². The lowest BCUT2D eigenvalue weighted by atomic mass is 9.95. The minimum atomic E-state index is 0.0954. The van der Waals surface area contributed by atoms with Gasteiger partial charge in [0.1, 0.15) is 18.4 Å². The van der Waals surface area contributed by atoms with Crippen molar-refractivity contribution in [2.45, 2.75) is 31.8 Å². The van der Waals surface area contributed by atoms with Gasteiger partial charge in [0.05, 0.1) is 5.69 Å². The monoisotopic (exact) mass is 403 g/mol. The standard InChI is InChI=1S/C23H25N5O2/c29-22-6-3-19-14-27(10-7-18(19)13-22)20-8-11-26(12-9-20)23(30)17-1-4-21(5-2-17)28-16-24-15-25-28/h1-6,13,15-16,20,29H,7-12,14H2. The first kappa shape index (κ1) is 18.8. The number of hydrogen-bond acceptors (Lipinski definition) is 5. The molecule has 7 nitrogen and oxygen atoms in total. The molecule has 2 aromatic carbocycles.